The lowest BCUT2D eigenvalue weighted by molar-refractivity contribution is 0.0918. The average Bonchev–Trinajstić information content (AvgIpc) is 2.94. The molecular weight excluding hydrogens is 248 g/mol. The molecule has 0 radical (unpaired) electrons. The van der Waals surface area contributed by atoms with E-state index in [0.29, 0.717) is 13.1 Å². The summed E-state index contributed by atoms with van der Waals surface area (Å²) >= 11 is 0. The van der Waals surface area contributed by atoms with Gasteiger partial charge in [0, 0.05) is 6.54 Å². The van der Waals surface area contributed by atoms with E-state index in [1.54, 1.807) is 4.90 Å². The molecule has 19 heavy (non-hydrogen) atoms. The summed E-state index contributed by atoms with van der Waals surface area (Å²) in [7, 11) is 0. The van der Waals surface area contributed by atoms with Gasteiger partial charge >= 0.3 is 12.2 Å². The van der Waals surface area contributed by atoms with Crippen molar-refractivity contribution in [3.63, 3.8) is 0 Å². The number of nitrogens with zero attached hydrogens (tertiary/aromatic N) is 1. The first kappa shape index (κ1) is 11.8. The van der Waals surface area contributed by atoms with E-state index in [0.717, 1.165) is 5.56 Å². The third-order valence-corrected chi connectivity index (χ3v) is 3.29. The maximum absolute atomic E-state index is 11.9. The normalized spacial score (nSPS) is 24.6. The fraction of sp³-hybridized carbons (Fsp3) is 0.385. The number of benzene rings is 1. The highest BCUT2D eigenvalue weighted by atomic mass is 16.6. The Hall–Kier alpha value is -2.24. The third-order valence-electron chi connectivity index (χ3n) is 3.29. The van der Waals surface area contributed by atoms with Crippen LogP contribution in [-0.4, -0.2) is 42.3 Å². The number of hydrogen-bond donors (Lipinski definition) is 1. The van der Waals surface area contributed by atoms with Crippen molar-refractivity contribution < 1.29 is 19.1 Å². The van der Waals surface area contributed by atoms with Gasteiger partial charge in [0.15, 0.2) is 0 Å². The zero-order chi connectivity index (χ0) is 13.2. The van der Waals surface area contributed by atoms with E-state index in [1.165, 1.54) is 0 Å². The molecule has 2 saturated heterocycles. The number of fused-ring (bicyclic) bond motifs is 1. The van der Waals surface area contributed by atoms with Crippen molar-refractivity contribution in [2.45, 2.75) is 18.8 Å². The largest absolute Gasteiger partial charge is 0.445 e. The van der Waals surface area contributed by atoms with Crippen LogP contribution in [0, 0.1) is 0 Å². The molecule has 0 bridgehead atoms. The highest BCUT2D eigenvalue weighted by Gasteiger charge is 2.43. The maximum atomic E-state index is 11.9. The van der Waals surface area contributed by atoms with Gasteiger partial charge in [-0.25, -0.2) is 9.59 Å². The summed E-state index contributed by atoms with van der Waals surface area (Å²) in [6.07, 6.45) is -1.04. The summed E-state index contributed by atoms with van der Waals surface area (Å²) in [5.41, 5.74) is 0.944. The van der Waals surface area contributed by atoms with E-state index in [4.69, 9.17) is 9.47 Å². The van der Waals surface area contributed by atoms with Crippen LogP contribution in [0.15, 0.2) is 30.3 Å². The van der Waals surface area contributed by atoms with E-state index < -0.39 is 6.09 Å². The molecule has 0 unspecified atom stereocenters. The monoisotopic (exact) mass is 262 g/mol. The van der Waals surface area contributed by atoms with Gasteiger partial charge in [-0.15, -0.1) is 0 Å². The summed E-state index contributed by atoms with van der Waals surface area (Å²) in [4.78, 5) is 24.4. The minimum absolute atomic E-state index is 0.114. The van der Waals surface area contributed by atoms with Crippen molar-refractivity contribution in [3.8, 4) is 0 Å². The Morgan fingerprint density at radius 1 is 1.37 bits per heavy atom. The Morgan fingerprint density at radius 3 is 2.89 bits per heavy atom. The quantitative estimate of drug-likeness (QED) is 0.867. The van der Waals surface area contributed by atoms with Crippen LogP contribution in [0.2, 0.25) is 0 Å². The van der Waals surface area contributed by atoms with Crippen molar-refractivity contribution in [3.05, 3.63) is 35.9 Å². The number of carbonyl (C=O) groups excluding carboxylic acids is 2. The van der Waals surface area contributed by atoms with Gasteiger partial charge < -0.3 is 19.7 Å². The van der Waals surface area contributed by atoms with Crippen molar-refractivity contribution in [1.29, 1.82) is 0 Å². The molecule has 2 heterocycles. The standard InChI is InChI=1S/C13H14N2O4/c16-12-14-10-6-15(7-11(10)19-12)13(17)18-8-9-4-2-1-3-5-9/h1-5,10-11H,6-8H2,(H,14,16)/t10-,11+/m1/s1. The SMILES string of the molecule is O=C1N[C@@H]2CN(C(=O)OCc3ccccc3)C[C@@H]2O1. The van der Waals surface area contributed by atoms with Crippen LogP contribution < -0.4 is 5.32 Å². The molecule has 100 valence electrons. The molecule has 2 aliphatic heterocycles. The lowest BCUT2D eigenvalue weighted by Gasteiger charge is -2.16. The molecule has 6 nitrogen and oxygen atoms in total. The molecule has 2 aliphatic rings. The number of ether oxygens (including phenoxy) is 2. The molecule has 6 heteroatoms. The maximum Gasteiger partial charge on any atom is 0.410 e. The first-order chi connectivity index (χ1) is 9.22. The van der Waals surface area contributed by atoms with E-state index in [2.05, 4.69) is 5.32 Å². The van der Waals surface area contributed by atoms with Gasteiger partial charge in [0.25, 0.3) is 0 Å². The molecule has 3 rings (SSSR count). The minimum Gasteiger partial charge on any atom is -0.445 e. The summed E-state index contributed by atoms with van der Waals surface area (Å²) in [6.45, 7) is 1.07. The number of rotatable bonds is 2. The topological polar surface area (TPSA) is 67.9 Å². The van der Waals surface area contributed by atoms with E-state index >= 15 is 0 Å². The first-order valence-electron chi connectivity index (χ1n) is 6.15. The van der Waals surface area contributed by atoms with E-state index in [1.807, 2.05) is 30.3 Å². The fourth-order valence-corrected chi connectivity index (χ4v) is 2.31. The molecular formula is C13H14N2O4. The Morgan fingerprint density at radius 2 is 2.16 bits per heavy atom. The van der Waals surface area contributed by atoms with Crippen LogP contribution in [0.4, 0.5) is 9.59 Å². The number of alkyl carbamates (subject to hydrolysis) is 1. The van der Waals surface area contributed by atoms with E-state index in [-0.39, 0.29) is 24.8 Å². The molecule has 0 spiro atoms. The lowest BCUT2D eigenvalue weighted by atomic mass is 10.2. The van der Waals surface area contributed by atoms with Gasteiger partial charge in [-0.3, -0.25) is 0 Å². The second-order valence-electron chi connectivity index (χ2n) is 4.64. The molecule has 0 aromatic heterocycles. The highest BCUT2D eigenvalue weighted by Crippen LogP contribution is 2.19. The second-order valence-corrected chi connectivity index (χ2v) is 4.64. The number of carbonyl (C=O) groups is 2. The summed E-state index contributed by atoms with van der Waals surface area (Å²) in [5.74, 6) is 0. The molecule has 2 fully saturated rings. The van der Waals surface area contributed by atoms with Gasteiger partial charge in [-0.2, -0.15) is 0 Å². The number of amides is 2. The predicted octanol–water partition coefficient (Wildman–Crippen LogP) is 1.12. The van der Waals surface area contributed by atoms with Crippen molar-refractivity contribution >= 4 is 12.2 Å². The Bertz CT molecular complexity index is 475. The molecule has 0 aliphatic carbocycles. The summed E-state index contributed by atoms with van der Waals surface area (Å²) < 4.78 is 10.3. The molecule has 1 aromatic rings. The molecule has 2 amide bonds. The highest BCUT2D eigenvalue weighted by molar-refractivity contribution is 5.73. The van der Waals surface area contributed by atoms with Gasteiger partial charge in [0.1, 0.15) is 12.7 Å². The van der Waals surface area contributed by atoms with Crippen LogP contribution in [-0.2, 0) is 16.1 Å². The number of likely N-dealkylation sites (tertiary alicyclic amines) is 1. The Labute approximate surface area is 110 Å². The zero-order valence-corrected chi connectivity index (χ0v) is 10.2. The van der Waals surface area contributed by atoms with Gasteiger partial charge in [-0.05, 0) is 5.56 Å². The second kappa shape index (κ2) is 4.79. The summed E-state index contributed by atoms with van der Waals surface area (Å²) in [5, 5.41) is 2.66. The molecule has 1 aromatic carbocycles. The lowest BCUT2D eigenvalue weighted by Crippen LogP contribution is -2.35. The fourth-order valence-electron chi connectivity index (χ4n) is 2.31. The zero-order valence-electron chi connectivity index (χ0n) is 10.2. The van der Waals surface area contributed by atoms with Crippen LogP contribution in [0.1, 0.15) is 5.56 Å². The predicted molar refractivity (Wildman–Crippen MR) is 65.4 cm³/mol. The van der Waals surface area contributed by atoms with Crippen molar-refractivity contribution in [2.75, 3.05) is 13.1 Å². The summed E-state index contributed by atoms with van der Waals surface area (Å²) in [6, 6.07) is 9.38. The van der Waals surface area contributed by atoms with Crippen LogP contribution >= 0.6 is 0 Å². The van der Waals surface area contributed by atoms with Crippen molar-refractivity contribution in [1.82, 2.24) is 10.2 Å². The van der Waals surface area contributed by atoms with Crippen LogP contribution in [0.3, 0.4) is 0 Å². The van der Waals surface area contributed by atoms with Gasteiger partial charge in [0.05, 0.1) is 12.6 Å². The number of hydrogen-bond acceptors (Lipinski definition) is 4. The molecule has 2 atom stereocenters. The van der Waals surface area contributed by atoms with Gasteiger partial charge in [-0.1, -0.05) is 30.3 Å². The minimum atomic E-state index is -0.410. The number of nitrogens with one attached hydrogen (secondary N) is 1. The van der Waals surface area contributed by atoms with Crippen molar-refractivity contribution in [2.24, 2.45) is 0 Å². The van der Waals surface area contributed by atoms with Gasteiger partial charge in [0.2, 0.25) is 0 Å². The Kier molecular flexibility index (Phi) is 2.98. The third kappa shape index (κ3) is 2.47. The molecule has 0 saturated carbocycles. The Balaban J connectivity index is 1.51. The average molecular weight is 262 g/mol. The van der Waals surface area contributed by atoms with Crippen LogP contribution in [0.5, 0.6) is 0 Å². The van der Waals surface area contributed by atoms with E-state index in [9.17, 15) is 9.59 Å². The van der Waals surface area contributed by atoms with Crippen LogP contribution in [0.25, 0.3) is 0 Å². The molecule has 1 N–H and O–H groups in total. The smallest absolute Gasteiger partial charge is 0.410 e. The first-order valence-corrected chi connectivity index (χ1v) is 6.15.